The number of rotatable bonds is 7. The van der Waals surface area contributed by atoms with E-state index < -0.39 is 22.6 Å². The van der Waals surface area contributed by atoms with Gasteiger partial charge in [0.1, 0.15) is 13.2 Å². The maximum absolute atomic E-state index is 12.8. The van der Waals surface area contributed by atoms with Crippen LogP contribution >= 0.6 is 0 Å². The van der Waals surface area contributed by atoms with Gasteiger partial charge in [0.25, 0.3) is 0 Å². The molecule has 0 bridgehead atoms. The molecule has 0 atom stereocenters. The third kappa shape index (κ3) is 4.97. The number of hydrogen-bond donors (Lipinski definition) is 1. The minimum absolute atomic E-state index is 0.0000559. The lowest BCUT2D eigenvalue weighted by Gasteiger charge is -2.18. The molecule has 10 heteroatoms. The normalized spacial score (nSPS) is 12.9. The van der Waals surface area contributed by atoms with E-state index in [-0.39, 0.29) is 17.1 Å². The standard InChI is InChI=1S/C24H24N2O7S/c1-15-11-20(16(2)26(15)18-4-6-19(7-5-18)34(25,29)30)21(27)14-33-24(28)13-17-3-8-22-23(12-17)32-10-9-31-22/h3-8,11-12H,9-10,13-14H2,1-2H3,(H2,25,29,30). The Morgan fingerprint density at radius 2 is 1.68 bits per heavy atom. The molecule has 178 valence electrons. The molecule has 4 rings (SSSR count). The molecule has 1 aliphatic rings. The highest BCUT2D eigenvalue weighted by Gasteiger charge is 2.19. The van der Waals surface area contributed by atoms with Gasteiger partial charge >= 0.3 is 5.97 Å². The van der Waals surface area contributed by atoms with Gasteiger partial charge in [-0.15, -0.1) is 0 Å². The molecule has 34 heavy (non-hydrogen) atoms. The van der Waals surface area contributed by atoms with Crippen molar-refractivity contribution >= 4 is 21.8 Å². The van der Waals surface area contributed by atoms with Crippen molar-refractivity contribution in [3.8, 4) is 17.2 Å². The number of nitrogens with zero attached hydrogens (tertiary/aromatic N) is 1. The lowest BCUT2D eigenvalue weighted by Crippen LogP contribution is -2.17. The van der Waals surface area contributed by atoms with Crippen LogP contribution in [0.15, 0.2) is 53.4 Å². The monoisotopic (exact) mass is 484 g/mol. The topological polar surface area (TPSA) is 127 Å². The summed E-state index contributed by atoms with van der Waals surface area (Å²) in [5, 5.41) is 5.15. The van der Waals surface area contributed by atoms with Crippen molar-refractivity contribution in [3.05, 3.63) is 71.0 Å². The second-order valence-corrected chi connectivity index (χ2v) is 9.46. The van der Waals surface area contributed by atoms with Crippen LogP contribution in [-0.4, -0.2) is 44.6 Å². The molecule has 0 fully saturated rings. The molecule has 0 spiro atoms. The second-order valence-electron chi connectivity index (χ2n) is 7.90. The van der Waals surface area contributed by atoms with E-state index in [0.717, 1.165) is 5.69 Å². The summed E-state index contributed by atoms with van der Waals surface area (Å²) in [7, 11) is -3.80. The van der Waals surface area contributed by atoms with Crippen molar-refractivity contribution in [2.24, 2.45) is 5.14 Å². The molecule has 2 aromatic carbocycles. The number of fused-ring (bicyclic) bond motifs is 1. The largest absolute Gasteiger partial charge is 0.486 e. The number of sulfonamides is 1. The van der Waals surface area contributed by atoms with E-state index in [2.05, 4.69) is 0 Å². The summed E-state index contributed by atoms with van der Waals surface area (Å²) in [6, 6.07) is 13.0. The highest BCUT2D eigenvalue weighted by atomic mass is 32.2. The van der Waals surface area contributed by atoms with Gasteiger partial charge in [0.05, 0.1) is 11.3 Å². The van der Waals surface area contributed by atoms with Crippen LogP contribution < -0.4 is 14.6 Å². The van der Waals surface area contributed by atoms with Gasteiger partial charge in [0.15, 0.2) is 18.1 Å². The Hall–Kier alpha value is -3.63. The molecule has 0 unspecified atom stereocenters. The third-order valence-electron chi connectivity index (χ3n) is 5.47. The molecule has 1 aliphatic heterocycles. The van der Waals surface area contributed by atoms with Gasteiger partial charge < -0.3 is 18.8 Å². The molecule has 0 radical (unpaired) electrons. The summed E-state index contributed by atoms with van der Waals surface area (Å²) < 4.78 is 41.0. The van der Waals surface area contributed by atoms with Crippen LogP contribution in [0, 0.1) is 13.8 Å². The number of esters is 1. The Morgan fingerprint density at radius 1 is 1.00 bits per heavy atom. The number of Topliss-reactive ketones (excluding diaryl/α,β-unsaturated/α-hetero) is 1. The number of ether oxygens (including phenoxy) is 3. The number of carbonyl (C=O) groups is 2. The van der Waals surface area contributed by atoms with E-state index in [4.69, 9.17) is 19.3 Å². The first-order valence-electron chi connectivity index (χ1n) is 10.5. The zero-order chi connectivity index (χ0) is 24.5. The number of hydrogen-bond acceptors (Lipinski definition) is 7. The van der Waals surface area contributed by atoms with Gasteiger partial charge in [-0.2, -0.15) is 0 Å². The van der Waals surface area contributed by atoms with Gasteiger partial charge in [-0.3, -0.25) is 9.59 Å². The van der Waals surface area contributed by atoms with E-state index >= 15 is 0 Å². The zero-order valence-electron chi connectivity index (χ0n) is 18.7. The second kappa shape index (κ2) is 9.32. The van der Waals surface area contributed by atoms with Crippen molar-refractivity contribution in [2.75, 3.05) is 19.8 Å². The Kier molecular flexibility index (Phi) is 6.45. The molecule has 0 saturated heterocycles. The van der Waals surface area contributed by atoms with Gasteiger partial charge in [0, 0.05) is 22.6 Å². The molecule has 0 amide bonds. The highest BCUT2D eigenvalue weighted by molar-refractivity contribution is 7.89. The van der Waals surface area contributed by atoms with Crippen molar-refractivity contribution < 1.29 is 32.2 Å². The Bertz CT molecular complexity index is 1360. The molecular formula is C24H24N2O7S. The number of benzene rings is 2. The Balaban J connectivity index is 1.42. The number of aryl methyl sites for hydroxylation is 1. The van der Waals surface area contributed by atoms with Crippen LogP contribution in [0.4, 0.5) is 0 Å². The first-order chi connectivity index (χ1) is 16.1. The van der Waals surface area contributed by atoms with Crippen molar-refractivity contribution in [1.29, 1.82) is 0 Å². The summed E-state index contributed by atoms with van der Waals surface area (Å²) in [6.45, 7) is 4.14. The van der Waals surface area contributed by atoms with Crippen LogP contribution in [0.25, 0.3) is 5.69 Å². The number of nitrogens with two attached hydrogens (primary N) is 1. The molecule has 0 saturated carbocycles. The van der Waals surface area contributed by atoms with Crippen LogP contribution in [-0.2, 0) is 26.0 Å². The van der Waals surface area contributed by atoms with Crippen molar-refractivity contribution in [1.82, 2.24) is 4.57 Å². The maximum atomic E-state index is 12.8. The van der Waals surface area contributed by atoms with Gasteiger partial charge in [-0.05, 0) is 61.9 Å². The third-order valence-corrected chi connectivity index (χ3v) is 6.40. The van der Waals surface area contributed by atoms with E-state index in [1.54, 1.807) is 43.3 Å². The van der Waals surface area contributed by atoms with Crippen LogP contribution in [0.2, 0.25) is 0 Å². The molecule has 9 nitrogen and oxygen atoms in total. The summed E-state index contributed by atoms with van der Waals surface area (Å²) >= 11 is 0. The van der Waals surface area contributed by atoms with Crippen LogP contribution in [0.3, 0.4) is 0 Å². The van der Waals surface area contributed by atoms with Crippen LogP contribution in [0.5, 0.6) is 11.5 Å². The minimum Gasteiger partial charge on any atom is -0.486 e. The summed E-state index contributed by atoms with van der Waals surface area (Å²) in [5.41, 5.74) is 3.21. The molecular weight excluding hydrogens is 460 g/mol. The van der Waals surface area contributed by atoms with E-state index in [0.29, 0.717) is 47.2 Å². The minimum atomic E-state index is -3.80. The maximum Gasteiger partial charge on any atom is 0.310 e. The van der Waals surface area contributed by atoms with Gasteiger partial charge in [0.2, 0.25) is 15.8 Å². The number of carbonyl (C=O) groups excluding carboxylic acids is 2. The molecule has 1 aromatic heterocycles. The average Bonchev–Trinajstić information content (AvgIpc) is 3.10. The lowest BCUT2D eigenvalue weighted by molar-refractivity contribution is -0.141. The average molecular weight is 485 g/mol. The molecule has 2 heterocycles. The fourth-order valence-electron chi connectivity index (χ4n) is 3.87. The fourth-order valence-corrected chi connectivity index (χ4v) is 4.38. The van der Waals surface area contributed by atoms with E-state index in [1.807, 2.05) is 11.5 Å². The SMILES string of the molecule is Cc1cc(C(=O)COC(=O)Cc2ccc3c(c2)OCCO3)c(C)n1-c1ccc(S(N)(=O)=O)cc1. The molecule has 2 N–H and O–H groups in total. The van der Waals surface area contributed by atoms with Crippen molar-refractivity contribution in [3.63, 3.8) is 0 Å². The van der Waals surface area contributed by atoms with Crippen molar-refractivity contribution in [2.45, 2.75) is 25.2 Å². The predicted octanol–water partition coefficient (Wildman–Crippen LogP) is 2.48. The number of aromatic nitrogens is 1. The Labute approximate surface area is 197 Å². The van der Waals surface area contributed by atoms with E-state index in [9.17, 15) is 18.0 Å². The quantitative estimate of drug-likeness (QED) is 0.403. The molecule has 0 aliphatic carbocycles. The predicted molar refractivity (Wildman–Crippen MR) is 123 cm³/mol. The summed E-state index contributed by atoms with van der Waals surface area (Å²) in [6.07, 6.45) is -0.000654. The van der Waals surface area contributed by atoms with Gasteiger partial charge in [-0.1, -0.05) is 6.07 Å². The van der Waals surface area contributed by atoms with Gasteiger partial charge in [-0.25, -0.2) is 13.6 Å². The zero-order valence-corrected chi connectivity index (χ0v) is 19.6. The highest BCUT2D eigenvalue weighted by Crippen LogP contribution is 2.31. The first kappa shape index (κ1) is 23.5. The summed E-state index contributed by atoms with van der Waals surface area (Å²) in [4.78, 5) is 25.1. The molecule has 3 aromatic rings. The van der Waals surface area contributed by atoms with E-state index in [1.165, 1.54) is 12.1 Å². The lowest BCUT2D eigenvalue weighted by atomic mass is 10.1. The number of primary sulfonamides is 1. The Morgan fingerprint density at radius 3 is 2.35 bits per heavy atom. The van der Waals surface area contributed by atoms with Crippen LogP contribution in [0.1, 0.15) is 27.3 Å². The fraction of sp³-hybridized carbons (Fsp3) is 0.250. The number of ketones is 1. The summed E-state index contributed by atoms with van der Waals surface area (Å²) in [5.74, 6) is 0.346. The first-order valence-corrected chi connectivity index (χ1v) is 12.1. The smallest absolute Gasteiger partial charge is 0.310 e.